The Morgan fingerprint density at radius 1 is 1.73 bits per heavy atom. The van der Waals surface area contributed by atoms with Crippen molar-refractivity contribution in [2.24, 2.45) is 5.73 Å². The lowest BCUT2D eigenvalue weighted by Crippen LogP contribution is -2.07. The third-order valence-corrected chi connectivity index (χ3v) is 3.34. The molecule has 1 aromatic rings. The molecule has 0 fully saturated rings. The van der Waals surface area contributed by atoms with Gasteiger partial charge < -0.3 is 5.73 Å². The summed E-state index contributed by atoms with van der Waals surface area (Å²) >= 11 is 7.71. The minimum Gasteiger partial charge on any atom is -0.330 e. The van der Waals surface area contributed by atoms with Crippen LogP contribution in [-0.4, -0.2) is 6.54 Å². The molecule has 0 aromatic carbocycles. The molecule has 0 spiro atoms. The number of hydrogen-bond acceptors (Lipinski definition) is 2. The van der Waals surface area contributed by atoms with Crippen LogP contribution in [0, 0.1) is 6.92 Å². The standard InChI is InChI=1S/C8H12ClNS/c1-5(4-10)8-7(9)3-6(2)11-8/h3,5H,4,10H2,1-2H3. The number of rotatable bonds is 2. The maximum atomic E-state index is 5.97. The molecule has 0 bridgehead atoms. The summed E-state index contributed by atoms with van der Waals surface area (Å²) in [5.74, 6) is 0.390. The van der Waals surface area contributed by atoms with E-state index in [0.717, 1.165) is 5.02 Å². The predicted molar refractivity (Wildman–Crippen MR) is 51.5 cm³/mol. The highest BCUT2D eigenvalue weighted by Gasteiger charge is 2.10. The molecule has 1 nitrogen and oxygen atoms in total. The maximum absolute atomic E-state index is 5.97. The lowest BCUT2D eigenvalue weighted by molar-refractivity contribution is 0.790. The van der Waals surface area contributed by atoms with Gasteiger partial charge in [-0.05, 0) is 19.5 Å². The van der Waals surface area contributed by atoms with Crippen molar-refractivity contribution >= 4 is 22.9 Å². The second-order valence-corrected chi connectivity index (χ2v) is 4.40. The lowest BCUT2D eigenvalue weighted by atomic mass is 10.1. The molecule has 0 saturated heterocycles. The fourth-order valence-corrected chi connectivity index (χ4v) is 2.45. The molecule has 1 unspecified atom stereocenters. The largest absolute Gasteiger partial charge is 0.330 e. The van der Waals surface area contributed by atoms with E-state index in [9.17, 15) is 0 Å². The molecule has 0 aliphatic heterocycles. The summed E-state index contributed by atoms with van der Waals surface area (Å²) in [4.78, 5) is 2.47. The summed E-state index contributed by atoms with van der Waals surface area (Å²) in [6, 6.07) is 1.99. The van der Waals surface area contributed by atoms with Gasteiger partial charge in [-0.1, -0.05) is 18.5 Å². The van der Waals surface area contributed by atoms with Crippen molar-refractivity contribution in [1.29, 1.82) is 0 Å². The van der Waals surface area contributed by atoms with Crippen molar-refractivity contribution in [2.75, 3.05) is 6.54 Å². The smallest absolute Gasteiger partial charge is 0.0551 e. The van der Waals surface area contributed by atoms with Gasteiger partial charge >= 0.3 is 0 Å². The van der Waals surface area contributed by atoms with Crippen LogP contribution in [0.1, 0.15) is 22.6 Å². The summed E-state index contributed by atoms with van der Waals surface area (Å²) < 4.78 is 0. The van der Waals surface area contributed by atoms with Gasteiger partial charge in [-0.2, -0.15) is 0 Å². The Kier molecular flexibility index (Phi) is 2.93. The molecule has 3 heteroatoms. The third-order valence-electron chi connectivity index (χ3n) is 1.64. The van der Waals surface area contributed by atoms with Gasteiger partial charge in [-0.3, -0.25) is 0 Å². The van der Waals surface area contributed by atoms with Crippen LogP contribution in [-0.2, 0) is 0 Å². The molecular weight excluding hydrogens is 178 g/mol. The predicted octanol–water partition coefficient (Wildman–Crippen LogP) is 2.77. The highest BCUT2D eigenvalue weighted by molar-refractivity contribution is 7.12. The van der Waals surface area contributed by atoms with Crippen molar-refractivity contribution in [3.63, 3.8) is 0 Å². The molecular formula is C8H12ClNS. The van der Waals surface area contributed by atoms with Crippen molar-refractivity contribution in [2.45, 2.75) is 19.8 Å². The van der Waals surface area contributed by atoms with Crippen LogP contribution >= 0.6 is 22.9 Å². The average molecular weight is 190 g/mol. The van der Waals surface area contributed by atoms with E-state index >= 15 is 0 Å². The quantitative estimate of drug-likeness (QED) is 0.761. The van der Waals surface area contributed by atoms with E-state index in [0.29, 0.717) is 12.5 Å². The van der Waals surface area contributed by atoms with Crippen molar-refractivity contribution in [1.82, 2.24) is 0 Å². The van der Waals surface area contributed by atoms with Crippen LogP contribution in [0.2, 0.25) is 5.02 Å². The van der Waals surface area contributed by atoms with Gasteiger partial charge in [-0.25, -0.2) is 0 Å². The molecule has 0 saturated carbocycles. The highest BCUT2D eigenvalue weighted by atomic mass is 35.5. The Balaban J connectivity index is 2.93. The molecule has 1 heterocycles. The van der Waals surface area contributed by atoms with E-state index in [-0.39, 0.29) is 0 Å². The van der Waals surface area contributed by atoms with Crippen molar-refractivity contribution in [3.8, 4) is 0 Å². The maximum Gasteiger partial charge on any atom is 0.0551 e. The van der Waals surface area contributed by atoms with Gasteiger partial charge in [0.15, 0.2) is 0 Å². The topological polar surface area (TPSA) is 26.0 Å². The van der Waals surface area contributed by atoms with Crippen LogP contribution in [0.3, 0.4) is 0 Å². The zero-order chi connectivity index (χ0) is 8.43. The molecule has 2 N–H and O–H groups in total. The molecule has 0 aliphatic carbocycles. The van der Waals surface area contributed by atoms with Gasteiger partial charge in [0.2, 0.25) is 0 Å². The Hall–Kier alpha value is -0.0500. The van der Waals surface area contributed by atoms with E-state index in [1.54, 1.807) is 11.3 Å². The van der Waals surface area contributed by atoms with Gasteiger partial charge in [0.25, 0.3) is 0 Å². The Morgan fingerprint density at radius 3 is 2.73 bits per heavy atom. The summed E-state index contributed by atoms with van der Waals surface area (Å²) in [6.07, 6.45) is 0. The first kappa shape index (κ1) is 9.04. The van der Waals surface area contributed by atoms with Crippen molar-refractivity contribution < 1.29 is 0 Å². The Labute approximate surface area is 76.2 Å². The van der Waals surface area contributed by atoms with E-state index in [2.05, 4.69) is 13.8 Å². The zero-order valence-corrected chi connectivity index (χ0v) is 8.30. The summed E-state index contributed by atoms with van der Waals surface area (Å²) in [5.41, 5.74) is 5.53. The van der Waals surface area contributed by atoms with Gasteiger partial charge in [0, 0.05) is 15.7 Å². The molecule has 11 heavy (non-hydrogen) atoms. The number of hydrogen-bond donors (Lipinski definition) is 1. The van der Waals surface area contributed by atoms with E-state index in [4.69, 9.17) is 17.3 Å². The van der Waals surface area contributed by atoms with Crippen molar-refractivity contribution in [3.05, 3.63) is 20.8 Å². The first-order chi connectivity index (χ1) is 5.15. The van der Waals surface area contributed by atoms with Gasteiger partial charge in [0.1, 0.15) is 0 Å². The fraction of sp³-hybridized carbons (Fsp3) is 0.500. The van der Waals surface area contributed by atoms with Crippen LogP contribution < -0.4 is 5.73 Å². The van der Waals surface area contributed by atoms with E-state index < -0.39 is 0 Å². The summed E-state index contributed by atoms with van der Waals surface area (Å²) in [5, 5.41) is 0.866. The van der Waals surface area contributed by atoms with Crippen LogP contribution in [0.4, 0.5) is 0 Å². The minimum absolute atomic E-state index is 0.390. The second-order valence-electron chi connectivity index (χ2n) is 2.71. The fourth-order valence-electron chi connectivity index (χ4n) is 0.944. The molecule has 1 atom stereocenters. The normalized spacial score (nSPS) is 13.5. The molecule has 1 rings (SSSR count). The van der Waals surface area contributed by atoms with E-state index in [1.165, 1.54) is 9.75 Å². The number of thiophene rings is 1. The second kappa shape index (κ2) is 3.57. The molecule has 1 aromatic heterocycles. The van der Waals surface area contributed by atoms with Crippen LogP contribution in [0.25, 0.3) is 0 Å². The Bertz CT molecular complexity index is 244. The summed E-state index contributed by atoms with van der Waals surface area (Å²) in [6.45, 7) is 4.82. The first-order valence-corrected chi connectivity index (χ1v) is 4.80. The van der Waals surface area contributed by atoms with Gasteiger partial charge in [-0.15, -0.1) is 11.3 Å². The number of nitrogens with two attached hydrogens (primary N) is 1. The zero-order valence-electron chi connectivity index (χ0n) is 6.73. The Morgan fingerprint density at radius 2 is 2.36 bits per heavy atom. The van der Waals surface area contributed by atoms with Crippen LogP contribution in [0.5, 0.6) is 0 Å². The SMILES string of the molecule is Cc1cc(Cl)c(C(C)CN)s1. The summed E-state index contributed by atoms with van der Waals surface area (Å²) in [7, 11) is 0. The first-order valence-electron chi connectivity index (χ1n) is 3.61. The number of aryl methyl sites for hydroxylation is 1. The monoisotopic (exact) mass is 189 g/mol. The third kappa shape index (κ3) is 1.95. The molecule has 0 amide bonds. The number of halogens is 1. The minimum atomic E-state index is 0.390. The van der Waals surface area contributed by atoms with E-state index in [1.807, 2.05) is 6.07 Å². The molecule has 0 radical (unpaired) electrons. The molecule has 62 valence electrons. The average Bonchev–Trinajstić information content (AvgIpc) is 2.28. The van der Waals surface area contributed by atoms with Gasteiger partial charge in [0.05, 0.1) is 5.02 Å². The molecule has 0 aliphatic rings. The highest BCUT2D eigenvalue weighted by Crippen LogP contribution is 2.32. The lowest BCUT2D eigenvalue weighted by Gasteiger charge is -2.04. The van der Waals surface area contributed by atoms with Crippen LogP contribution in [0.15, 0.2) is 6.07 Å².